The van der Waals surface area contributed by atoms with Crippen LogP contribution in [0.1, 0.15) is 18.9 Å². The number of anilines is 2. The number of hydrogen-bond donors (Lipinski definition) is 3. The number of nitrogen functional groups attached to an aromatic ring is 1. The van der Waals surface area contributed by atoms with Crippen LogP contribution in [0, 0.1) is 0 Å². The van der Waals surface area contributed by atoms with Crippen molar-refractivity contribution >= 4 is 28.8 Å². The number of aromatic nitrogens is 2. The highest BCUT2D eigenvalue weighted by Gasteiger charge is 2.21. The van der Waals surface area contributed by atoms with Crippen molar-refractivity contribution in [3.63, 3.8) is 0 Å². The first-order valence-electron chi connectivity index (χ1n) is 8.32. The van der Waals surface area contributed by atoms with Crippen LogP contribution in [0.15, 0.2) is 52.6 Å². The molecule has 1 heterocycles. The molecule has 0 atom stereocenters. The van der Waals surface area contributed by atoms with Gasteiger partial charge in [0, 0.05) is 13.1 Å². The molecular weight excluding hydrogens is 350 g/mol. The van der Waals surface area contributed by atoms with Crippen molar-refractivity contribution in [3.8, 4) is 0 Å². The normalized spacial score (nSPS) is 10.3. The third kappa shape index (κ3) is 4.40. The fourth-order valence-electron chi connectivity index (χ4n) is 2.55. The average Bonchev–Trinajstić information content (AvgIpc) is 2.63. The molecule has 2 rings (SSSR count). The van der Waals surface area contributed by atoms with Gasteiger partial charge in [-0.3, -0.25) is 14.3 Å². The molecule has 8 heteroatoms. The van der Waals surface area contributed by atoms with E-state index in [1.165, 1.54) is 4.57 Å². The van der Waals surface area contributed by atoms with Crippen molar-refractivity contribution in [1.82, 2.24) is 14.9 Å². The molecule has 0 radical (unpaired) electrons. The topological polar surface area (TPSA) is 96.2 Å². The van der Waals surface area contributed by atoms with Crippen LogP contribution in [0.2, 0.25) is 0 Å². The van der Waals surface area contributed by atoms with Gasteiger partial charge in [0.15, 0.2) is 10.8 Å². The van der Waals surface area contributed by atoms with Crippen LogP contribution in [0.3, 0.4) is 0 Å². The Morgan fingerprint density at radius 1 is 1.38 bits per heavy atom. The van der Waals surface area contributed by atoms with E-state index in [2.05, 4.69) is 16.9 Å². The van der Waals surface area contributed by atoms with Gasteiger partial charge >= 0.3 is 5.69 Å². The molecule has 0 spiro atoms. The maximum Gasteiger partial charge on any atom is 0.330 e. The highest BCUT2D eigenvalue weighted by molar-refractivity contribution is 7.80. The molecule has 0 aliphatic heterocycles. The summed E-state index contributed by atoms with van der Waals surface area (Å²) < 4.78 is 1.34. The average molecular weight is 373 g/mol. The number of nitrogens with zero attached hydrogens (tertiary/aromatic N) is 2. The largest absolute Gasteiger partial charge is 0.383 e. The molecule has 0 unspecified atom stereocenters. The molecule has 0 saturated carbocycles. The Morgan fingerprint density at radius 2 is 2.08 bits per heavy atom. The lowest BCUT2D eigenvalue weighted by atomic mass is 10.2. The predicted octanol–water partition coefficient (Wildman–Crippen LogP) is 1.44. The van der Waals surface area contributed by atoms with Gasteiger partial charge in [-0.2, -0.15) is 0 Å². The molecule has 4 N–H and O–H groups in total. The highest BCUT2D eigenvalue weighted by Crippen LogP contribution is 2.18. The van der Waals surface area contributed by atoms with E-state index in [1.54, 1.807) is 11.0 Å². The highest BCUT2D eigenvalue weighted by atomic mass is 32.1. The van der Waals surface area contributed by atoms with Gasteiger partial charge in [0.1, 0.15) is 5.82 Å². The lowest BCUT2D eigenvalue weighted by Gasteiger charge is -2.26. The number of thiocarbonyl (C=S) groups is 1. The second-order valence-corrected chi connectivity index (χ2v) is 6.08. The van der Waals surface area contributed by atoms with E-state index in [-0.39, 0.29) is 18.1 Å². The van der Waals surface area contributed by atoms with Gasteiger partial charge in [0.2, 0.25) is 0 Å². The van der Waals surface area contributed by atoms with Crippen LogP contribution in [0.5, 0.6) is 0 Å². The molecule has 1 aromatic carbocycles. The summed E-state index contributed by atoms with van der Waals surface area (Å²) in [6.07, 6.45) is 2.41. The van der Waals surface area contributed by atoms with Crippen LogP contribution in [-0.2, 0) is 6.54 Å². The van der Waals surface area contributed by atoms with Crippen LogP contribution in [-0.4, -0.2) is 27.8 Å². The summed E-state index contributed by atoms with van der Waals surface area (Å²) in [6.45, 7) is 6.80. The van der Waals surface area contributed by atoms with Crippen LogP contribution >= 0.6 is 12.2 Å². The van der Waals surface area contributed by atoms with Crippen molar-refractivity contribution < 1.29 is 0 Å². The lowest BCUT2D eigenvalue weighted by molar-refractivity contribution is 0.727. The fourth-order valence-corrected chi connectivity index (χ4v) is 2.82. The Morgan fingerprint density at radius 3 is 2.69 bits per heavy atom. The molecular formula is C18H23N5O2S. The second kappa shape index (κ2) is 9.00. The summed E-state index contributed by atoms with van der Waals surface area (Å²) in [5.74, 6) is 0.0822. The molecule has 0 aliphatic carbocycles. The van der Waals surface area contributed by atoms with Gasteiger partial charge in [-0.15, -0.1) is 6.58 Å². The van der Waals surface area contributed by atoms with Gasteiger partial charge in [-0.05, 0) is 24.2 Å². The van der Waals surface area contributed by atoms with E-state index < -0.39 is 11.2 Å². The molecule has 138 valence electrons. The smallest absolute Gasteiger partial charge is 0.330 e. The maximum atomic E-state index is 12.5. The zero-order chi connectivity index (χ0) is 19.1. The first kappa shape index (κ1) is 19.5. The maximum absolute atomic E-state index is 12.5. The van der Waals surface area contributed by atoms with Gasteiger partial charge in [0.05, 0.1) is 6.54 Å². The fraction of sp³-hybridized carbons (Fsp3) is 0.278. The molecule has 0 saturated heterocycles. The predicted molar refractivity (Wildman–Crippen MR) is 110 cm³/mol. The first-order chi connectivity index (χ1) is 12.5. The molecule has 2 aromatic rings. The van der Waals surface area contributed by atoms with Crippen LogP contribution in [0.25, 0.3) is 0 Å². The summed E-state index contributed by atoms with van der Waals surface area (Å²) >= 11 is 5.38. The van der Waals surface area contributed by atoms with Crippen molar-refractivity contribution in [3.05, 3.63) is 69.4 Å². The van der Waals surface area contributed by atoms with Crippen molar-refractivity contribution in [2.24, 2.45) is 0 Å². The Hall–Kier alpha value is -2.87. The van der Waals surface area contributed by atoms with Crippen molar-refractivity contribution in [2.45, 2.75) is 19.9 Å². The van der Waals surface area contributed by atoms with E-state index in [4.69, 9.17) is 18.0 Å². The van der Waals surface area contributed by atoms with Gasteiger partial charge in [0.25, 0.3) is 5.56 Å². The van der Waals surface area contributed by atoms with Crippen molar-refractivity contribution in [1.29, 1.82) is 0 Å². The Kier molecular flexibility index (Phi) is 6.74. The summed E-state index contributed by atoms with van der Waals surface area (Å²) in [6, 6.07) is 9.41. The standard InChI is InChI=1S/C18H23N5O2S/c1-3-10-20-18(26)22(11-4-2)14-15(19)23(17(25)21-16(14)24)12-13-8-6-5-7-9-13/h3,5-9H,1,4,10-12,19H2,2H3,(H,20,26)(H,21,24,25). The molecule has 7 nitrogen and oxygen atoms in total. The minimum atomic E-state index is -0.562. The van der Waals surface area contributed by atoms with Gasteiger partial charge < -0.3 is 16.0 Å². The molecule has 26 heavy (non-hydrogen) atoms. The SMILES string of the molecule is C=CCNC(=S)N(CCC)c1c(N)n(Cc2ccccc2)c(=O)[nH]c1=O. The van der Waals surface area contributed by atoms with E-state index in [0.29, 0.717) is 18.2 Å². The second-order valence-electron chi connectivity index (χ2n) is 5.69. The summed E-state index contributed by atoms with van der Waals surface area (Å²) in [4.78, 5) is 28.7. The zero-order valence-corrected chi connectivity index (χ0v) is 15.5. The number of rotatable bonds is 7. The molecule has 0 amide bonds. The Balaban J connectivity index is 2.51. The van der Waals surface area contributed by atoms with E-state index in [1.807, 2.05) is 37.3 Å². The zero-order valence-electron chi connectivity index (χ0n) is 14.7. The number of nitrogens with two attached hydrogens (primary N) is 1. The van der Waals surface area contributed by atoms with E-state index >= 15 is 0 Å². The Labute approximate surface area is 157 Å². The van der Waals surface area contributed by atoms with Gasteiger partial charge in [-0.25, -0.2) is 4.79 Å². The molecule has 0 bridgehead atoms. The molecule has 0 fully saturated rings. The third-order valence-electron chi connectivity index (χ3n) is 3.76. The molecule has 0 aliphatic rings. The number of aromatic amines is 1. The Bertz CT molecular complexity index is 889. The summed E-state index contributed by atoms with van der Waals surface area (Å²) in [5.41, 5.74) is 6.18. The van der Waals surface area contributed by atoms with Gasteiger partial charge in [-0.1, -0.05) is 43.3 Å². The first-order valence-corrected chi connectivity index (χ1v) is 8.73. The number of H-pyrrole nitrogens is 1. The van der Waals surface area contributed by atoms with Crippen molar-refractivity contribution in [2.75, 3.05) is 23.7 Å². The number of nitrogens with one attached hydrogen (secondary N) is 2. The quantitative estimate of drug-likeness (QED) is 0.502. The summed E-state index contributed by atoms with van der Waals surface area (Å²) in [5, 5.41) is 3.35. The number of hydrogen-bond acceptors (Lipinski definition) is 4. The lowest BCUT2D eigenvalue weighted by Crippen LogP contribution is -2.45. The summed E-state index contributed by atoms with van der Waals surface area (Å²) in [7, 11) is 0. The van der Waals surface area contributed by atoms with E-state index in [0.717, 1.165) is 12.0 Å². The molecule has 1 aromatic heterocycles. The minimum absolute atomic E-state index is 0.0822. The minimum Gasteiger partial charge on any atom is -0.383 e. The van der Waals surface area contributed by atoms with Crippen LogP contribution in [0.4, 0.5) is 11.5 Å². The van der Waals surface area contributed by atoms with Crippen LogP contribution < -0.4 is 27.2 Å². The number of benzene rings is 1. The third-order valence-corrected chi connectivity index (χ3v) is 4.12. The van der Waals surface area contributed by atoms with E-state index in [9.17, 15) is 9.59 Å². The monoisotopic (exact) mass is 373 g/mol.